The molecule has 0 aliphatic carbocycles. The van der Waals surface area contributed by atoms with Crippen LogP contribution >= 0.6 is 0 Å². The average molecular weight is 519 g/mol. The van der Waals surface area contributed by atoms with Crippen molar-refractivity contribution >= 4 is 9.84 Å². The quantitative estimate of drug-likeness (QED) is 0.329. The highest BCUT2D eigenvalue weighted by Gasteiger charge is 2.37. The highest BCUT2D eigenvalue weighted by Crippen LogP contribution is 2.39. The molecule has 4 rings (SSSR count). The lowest BCUT2D eigenvalue weighted by molar-refractivity contribution is -0.137. The minimum Gasteiger partial charge on any atom is -0.384 e. The van der Waals surface area contributed by atoms with Gasteiger partial charge in [-0.3, -0.25) is 4.57 Å². The zero-order valence-corrected chi connectivity index (χ0v) is 20.3. The predicted octanol–water partition coefficient (Wildman–Crippen LogP) is 6.00. The van der Waals surface area contributed by atoms with Gasteiger partial charge in [-0.1, -0.05) is 42.5 Å². The van der Waals surface area contributed by atoms with Gasteiger partial charge in [-0.25, -0.2) is 13.4 Å². The molecule has 0 unspecified atom stereocenters. The smallest absolute Gasteiger partial charge is 0.384 e. The standard InChI is InChI=1S/C26H22F4N2O3S/c1-25(2,33)22-23(27)32(24(31-22)20-9-4-5-10-21(20)26(28,29)30)18-13-11-16(12-14-18)17-7-6-8-19(15-17)36(3,34)35/h4-15,33H,1-3H3. The zero-order valence-electron chi connectivity index (χ0n) is 19.5. The van der Waals surface area contributed by atoms with Crippen molar-refractivity contribution in [3.8, 4) is 28.2 Å². The maximum absolute atomic E-state index is 15.6. The van der Waals surface area contributed by atoms with E-state index < -0.39 is 38.8 Å². The lowest BCUT2D eigenvalue weighted by Crippen LogP contribution is -2.18. The minimum absolute atomic E-state index is 0.130. The van der Waals surface area contributed by atoms with Crippen molar-refractivity contribution in [3.63, 3.8) is 0 Å². The Labute approximate surface area is 205 Å². The van der Waals surface area contributed by atoms with Gasteiger partial charge in [0, 0.05) is 17.5 Å². The van der Waals surface area contributed by atoms with Crippen LogP contribution in [0.15, 0.2) is 77.7 Å². The summed E-state index contributed by atoms with van der Waals surface area (Å²) in [4.78, 5) is 4.22. The Morgan fingerprint density at radius 2 is 1.53 bits per heavy atom. The first-order valence-electron chi connectivity index (χ1n) is 10.8. The maximum atomic E-state index is 15.6. The topological polar surface area (TPSA) is 72.2 Å². The van der Waals surface area contributed by atoms with Gasteiger partial charge in [0.05, 0.1) is 10.5 Å². The highest BCUT2D eigenvalue weighted by molar-refractivity contribution is 7.90. The van der Waals surface area contributed by atoms with Crippen LogP contribution in [0.1, 0.15) is 25.1 Å². The SMILES string of the molecule is CC(C)(O)c1nc(-c2ccccc2C(F)(F)F)n(-c2ccc(-c3cccc(S(C)(=O)=O)c3)cc2)c1F. The molecule has 5 nitrogen and oxygen atoms in total. The van der Waals surface area contributed by atoms with E-state index in [1.807, 2.05) is 0 Å². The molecule has 0 saturated carbocycles. The summed E-state index contributed by atoms with van der Waals surface area (Å²) in [5.74, 6) is -1.31. The third kappa shape index (κ3) is 4.91. The van der Waals surface area contributed by atoms with Crippen LogP contribution in [0, 0.1) is 5.95 Å². The fourth-order valence-corrected chi connectivity index (χ4v) is 4.51. The van der Waals surface area contributed by atoms with Gasteiger partial charge in [-0.15, -0.1) is 0 Å². The summed E-state index contributed by atoms with van der Waals surface area (Å²) >= 11 is 0. The van der Waals surface area contributed by atoms with Gasteiger partial charge < -0.3 is 5.11 Å². The van der Waals surface area contributed by atoms with E-state index in [0.717, 1.165) is 16.9 Å². The molecule has 0 aliphatic heterocycles. The number of hydrogen-bond donors (Lipinski definition) is 1. The molecule has 1 aromatic heterocycles. The third-order valence-corrected chi connectivity index (χ3v) is 6.71. The molecule has 1 heterocycles. The van der Waals surface area contributed by atoms with E-state index >= 15 is 4.39 Å². The molecule has 1 N–H and O–H groups in total. The number of benzene rings is 3. The molecule has 0 amide bonds. The molecule has 188 valence electrons. The van der Waals surface area contributed by atoms with Crippen molar-refractivity contribution in [1.29, 1.82) is 0 Å². The highest BCUT2D eigenvalue weighted by atomic mass is 32.2. The molecule has 0 spiro atoms. The fourth-order valence-electron chi connectivity index (χ4n) is 3.84. The van der Waals surface area contributed by atoms with Crippen LogP contribution in [0.2, 0.25) is 0 Å². The summed E-state index contributed by atoms with van der Waals surface area (Å²) in [6.07, 6.45) is -3.62. The van der Waals surface area contributed by atoms with Gasteiger partial charge in [-0.05, 0) is 55.3 Å². The van der Waals surface area contributed by atoms with E-state index in [2.05, 4.69) is 4.98 Å². The third-order valence-electron chi connectivity index (χ3n) is 5.60. The molecule has 4 aromatic rings. The summed E-state index contributed by atoms with van der Waals surface area (Å²) in [7, 11) is -3.43. The summed E-state index contributed by atoms with van der Waals surface area (Å²) in [5.41, 5.74) is -2.12. The van der Waals surface area contributed by atoms with Gasteiger partial charge in [0.15, 0.2) is 9.84 Å². The normalized spacial score (nSPS) is 12.7. The first-order chi connectivity index (χ1) is 16.7. The van der Waals surface area contributed by atoms with Crippen LogP contribution in [0.25, 0.3) is 28.2 Å². The molecular formula is C26H22F4N2O3S. The van der Waals surface area contributed by atoms with Crippen molar-refractivity contribution < 1.29 is 31.1 Å². The molecule has 0 aliphatic rings. The molecule has 0 fully saturated rings. The number of aromatic nitrogens is 2. The minimum atomic E-state index is -4.72. The van der Waals surface area contributed by atoms with Crippen molar-refractivity contribution in [2.75, 3.05) is 6.26 Å². The Bertz CT molecular complexity index is 1530. The molecule has 3 aromatic carbocycles. The van der Waals surface area contributed by atoms with Crippen LogP contribution in [-0.2, 0) is 21.6 Å². The first kappa shape index (κ1) is 25.6. The number of rotatable bonds is 5. The van der Waals surface area contributed by atoms with E-state index in [1.54, 1.807) is 24.3 Å². The second-order valence-corrected chi connectivity index (χ2v) is 10.9. The van der Waals surface area contributed by atoms with E-state index in [1.165, 1.54) is 56.3 Å². The largest absolute Gasteiger partial charge is 0.417 e. The second kappa shape index (κ2) is 8.86. The molecule has 10 heteroatoms. The van der Waals surface area contributed by atoms with Gasteiger partial charge >= 0.3 is 6.18 Å². The van der Waals surface area contributed by atoms with Gasteiger partial charge in [0.2, 0.25) is 5.95 Å². The maximum Gasteiger partial charge on any atom is 0.417 e. The van der Waals surface area contributed by atoms with E-state index in [4.69, 9.17) is 0 Å². The summed E-state index contributed by atoms with van der Waals surface area (Å²) in [6, 6.07) is 17.1. The molecule has 0 atom stereocenters. The Morgan fingerprint density at radius 1 is 0.889 bits per heavy atom. The summed E-state index contributed by atoms with van der Waals surface area (Å²) < 4.78 is 81.5. The number of aliphatic hydroxyl groups is 1. The van der Waals surface area contributed by atoms with Crippen molar-refractivity contribution in [3.05, 3.63) is 90.0 Å². The lowest BCUT2D eigenvalue weighted by atomic mass is 10.0. The van der Waals surface area contributed by atoms with Gasteiger partial charge in [-0.2, -0.15) is 17.6 Å². The average Bonchev–Trinajstić information content (AvgIpc) is 3.15. The molecule has 36 heavy (non-hydrogen) atoms. The molecular weight excluding hydrogens is 496 g/mol. The van der Waals surface area contributed by atoms with E-state index in [-0.39, 0.29) is 22.0 Å². The monoisotopic (exact) mass is 518 g/mol. The Morgan fingerprint density at radius 3 is 2.11 bits per heavy atom. The summed E-state index contributed by atoms with van der Waals surface area (Å²) in [5, 5.41) is 10.4. The number of halogens is 4. The van der Waals surface area contributed by atoms with Crippen molar-refractivity contribution in [1.82, 2.24) is 9.55 Å². The van der Waals surface area contributed by atoms with Crippen LogP contribution in [0.3, 0.4) is 0 Å². The molecule has 0 saturated heterocycles. The number of imidazole rings is 1. The summed E-state index contributed by atoms with van der Waals surface area (Å²) in [6.45, 7) is 2.58. The van der Waals surface area contributed by atoms with E-state index in [9.17, 15) is 26.7 Å². The number of sulfone groups is 1. The first-order valence-corrected chi connectivity index (χ1v) is 12.7. The van der Waals surface area contributed by atoms with E-state index in [0.29, 0.717) is 11.1 Å². The Hall–Kier alpha value is -3.50. The molecule has 0 radical (unpaired) electrons. The zero-order chi connectivity index (χ0) is 26.5. The van der Waals surface area contributed by atoms with Crippen LogP contribution in [-0.4, -0.2) is 29.3 Å². The van der Waals surface area contributed by atoms with Crippen LogP contribution in [0.4, 0.5) is 17.6 Å². The molecule has 0 bridgehead atoms. The Balaban J connectivity index is 1.89. The Kier molecular flexibility index (Phi) is 6.30. The van der Waals surface area contributed by atoms with Crippen molar-refractivity contribution in [2.45, 2.75) is 30.5 Å². The second-order valence-electron chi connectivity index (χ2n) is 8.86. The van der Waals surface area contributed by atoms with Crippen LogP contribution < -0.4 is 0 Å². The number of hydrogen-bond acceptors (Lipinski definition) is 4. The number of alkyl halides is 3. The van der Waals surface area contributed by atoms with Gasteiger partial charge in [0.1, 0.15) is 17.1 Å². The van der Waals surface area contributed by atoms with Gasteiger partial charge in [0.25, 0.3) is 0 Å². The van der Waals surface area contributed by atoms with Crippen LogP contribution in [0.5, 0.6) is 0 Å². The predicted molar refractivity (Wildman–Crippen MR) is 128 cm³/mol. The lowest BCUT2D eigenvalue weighted by Gasteiger charge is -2.15. The van der Waals surface area contributed by atoms with Crippen molar-refractivity contribution in [2.24, 2.45) is 0 Å². The fraction of sp³-hybridized carbons (Fsp3) is 0.192. The number of nitrogens with zero attached hydrogens (tertiary/aromatic N) is 2.